The molecule has 0 aliphatic carbocycles. The first-order valence-electron chi connectivity index (χ1n) is 10.5. The van der Waals surface area contributed by atoms with Gasteiger partial charge in [0.25, 0.3) is 11.8 Å². The third-order valence-corrected chi connectivity index (χ3v) is 5.43. The number of carbonyl (C=O) groups excluding carboxylic acids is 3. The van der Waals surface area contributed by atoms with E-state index in [4.69, 9.17) is 16.1 Å². The molecule has 1 aromatic heterocycles. The van der Waals surface area contributed by atoms with Crippen LogP contribution in [-0.4, -0.2) is 69.8 Å². The number of carbonyl (C=O) groups is 4. The minimum Gasteiger partial charge on any atom is -0.480 e. The molecule has 0 spiro atoms. The van der Waals surface area contributed by atoms with E-state index in [1.807, 2.05) is 0 Å². The van der Waals surface area contributed by atoms with Crippen LogP contribution < -0.4 is 16.4 Å². The molecular formula is C22H22F2N6O5. The van der Waals surface area contributed by atoms with Crippen molar-refractivity contribution in [2.75, 3.05) is 18.4 Å². The predicted molar refractivity (Wildman–Crippen MR) is 118 cm³/mol. The Bertz CT molecular complexity index is 1210. The molecule has 5 N–H and O–H groups in total. The molecule has 1 aromatic carbocycles. The molecule has 1 saturated heterocycles. The Hall–Kier alpha value is -4.18. The second-order valence-corrected chi connectivity index (χ2v) is 8.00. The summed E-state index contributed by atoms with van der Waals surface area (Å²) in [6, 6.07) is 5.29. The largest absolute Gasteiger partial charge is 0.480 e. The number of amides is 3. The van der Waals surface area contributed by atoms with Crippen LogP contribution in [0.25, 0.3) is 10.9 Å². The number of carboxylic acid groups (broad SMARTS) is 1. The number of para-hydroxylation sites is 1. The first kappa shape index (κ1) is 25.4. The highest BCUT2D eigenvalue weighted by Crippen LogP contribution is 2.31. The fraction of sp³-hybridized carbons (Fsp3) is 0.364. The van der Waals surface area contributed by atoms with Crippen LogP contribution in [0.3, 0.4) is 0 Å². The molecule has 35 heavy (non-hydrogen) atoms. The van der Waals surface area contributed by atoms with Gasteiger partial charge in [0.05, 0.1) is 35.9 Å². The van der Waals surface area contributed by atoms with Crippen molar-refractivity contribution in [1.29, 1.82) is 5.26 Å². The SMILES string of the molecule is N#C[C@@H]1CC(F)(F)CN1C(=O)CNC(=O)c1ccnc2c(NC(=O)CC[C@H](N)C(=O)O)cccc12. The topological polar surface area (TPSA) is 179 Å². The molecule has 0 unspecified atom stereocenters. The maximum absolute atomic E-state index is 13.6. The van der Waals surface area contributed by atoms with Gasteiger partial charge in [-0.15, -0.1) is 0 Å². The van der Waals surface area contributed by atoms with Gasteiger partial charge in [-0.05, 0) is 18.6 Å². The van der Waals surface area contributed by atoms with Gasteiger partial charge >= 0.3 is 5.97 Å². The Labute approximate surface area is 197 Å². The van der Waals surface area contributed by atoms with Crippen molar-refractivity contribution in [2.45, 2.75) is 37.3 Å². The molecule has 2 heterocycles. The molecule has 13 heteroatoms. The lowest BCUT2D eigenvalue weighted by Crippen LogP contribution is -2.43. The van der Waals surface area contributed by atoms with Gasteiger partial charge in [-0.2, -0.15) is 5.26 Å². The van der Waals surface area contributed by atoms with E-state index >= 15 is 0 Å². The number of nitrogens with one attached hydrogen (secondary N) is 2. The van der Waals surface area contributed by atoms with Crippen LogP contribution in [0.15, 0.2) is 30.5 Å². The van der Waals surface area contributed by atoms with Crippen LogP contribution >= 0.6 is 0 Å². The van der Waals surface area contributed by atoms with Crippen LogP contribution in [0.5, 0.6) is 0 Å². The van der Waals surface area contributed by atoms with E-state index < -0.39 is 61.2 Å². The Morgan fingerprint density at radius 2 is 2.06 bits per heavy atom. The summed E-state index contributed by atoms with van der Waals surface area (Å²) >= 11 is 0. The highest BCUT2D eigenvalue weighted by Gasteiger charge is 2.47. The van der Waals surface area contributed by atoms with Crippen LogP contribution in [0.1, 0.15) is 29.6 Å². The van der Waals surface area contributed by atoms with Crippen molar-refractivity contribution in [3.05, 3.63) is 36.0 Å². The van der Waals surface area contributed by atoms with Gasteiger partial charge < -0.3 is 26.4 Å². The van der Waals surface area contributed by atoms with Gasteiger partial charge in [0.1, 0.15) is 12.1 Å². The molecule has 0 radical (unpaired) electrons. The maximum Gasteiger partial charge on any atom is 0.320 e. The van der Waals surface area contributed by atoms with E-state index in [0.29, 0.717) is 5.39 Å². The van der Waals surface area contributed by atoms with Gasteiger partial charge in [0.2, 0.25) is 11.8 Å². The molecule has 2 aromatic rings. The summed E-state index contributed by atoms with van der Waals surface area (Å²) in [6.07, 6.45) is 0.346. The molecular weight excluding hydrogens is 466 g/mol. The first-order valence-corrected chi connectivity index (χ1v) is 10.5. The smallest absolute Gasteiger partial charge is 0.320 e. The number of alkyl halides is 2. The number of aliphatic carboxylic acids is 1. The highest BCUT2D eigenvalue weighted by atomic mass is 19.3. The summed E-state index contributed by atoms with van der Waals surface area (Å²) in [5.74, 6) is -6.37. The number of halogens is 2. The van der Waals surface area contributed by atoms with Crippen molar-refractivity contribution < 1.29 is 33.1 Å². The summed E-state index contributed by atoms with van der Waals surface area (Å²) in [7, 11) is 0. The van der Waals surface area contributed by atoms with E-state index in [0.717, 1.165) is 4.90 Å². The fourth-order valence-corrected chi connectivity index (χ4v) is 3.64. The average molecular weight is 488 g/mol. The molecule has 0 bridgehead atoms. The molecule has 2 atom stereocenters. The zero-order valence-corrected chi connectivity index (χ0v) is 18.3. The number of nitriles is 1. The van der Waals surface area contributed by atoms with Gasteiger partial charge in [-0.25, -0.2) is 8.78 Å². The van der Waals surface area contributed by atoms with E-state index in [1.54, 1.807) is 24.3 Å². The number of anilines is 1. The number of benzene rings is 1. The monoisotopic (exact) mass is 488 g/mol. The number of fused-ring (bicyclic) bond motifs is 1. The number of hydrogen-bond acceptors (Lipinski definition) is 7. The third kappa shape index (κ3) is 6.04. The molecule has 3 rings (SSSR count). The second-order valence-electron chi connectivity index (χ2n) is 8.00. The summed E-state index contributed by atoms with van der Waals surface area (Å²) in [5.41, 5.74) is 6.07. The predicted octanol–water partition coefficient (Wildman–Crippen LogP) is 0.855. The number of nitrogens with zero attached hydrogens (tertiary/aromatic N) is 3. The molecule has 184 valence electrons. The highest BCUT2D eigenvalue weighted by molar-refractivity contribution is 6.10. The average Bonchev–Trinajstić information content (AvgIpc) is 3.15. The number of hydrogen-bond donors (Lipinski definition) is 4. The molecule has 1 fully saturated rings. The summed E-state index contributed by atoms with van der Waals surface area (Å²) in [4.78, 5) is 53.1. The number of rotatable bonds is 8. The van der Waals surface area contributed by atoms with Crippen LogP contribution in [0.2, 0.25) is 0 Å². The van der Waals surface area contributed by atoms with Crippen LogP contribution in [0.4, 0.5) is 14.5 Å². The van der Waals surface area contributed by atoms with Crippen LogP contribution in [0, 0.1) is 11.3 Å². The maximum atomic E-state index is 13.6. The molecule has 1 aliphatic rings. The third-order valence-electron chi connectivity index (χ3n) is 5.43. The number of aromatic nitrogens is 1. The Kier molecular flexibility index (Phi) is 7.55. The number of carboxylic acids is 1. The lowest BCUT2D eigenvalue weighted by molar-refractivity contribution is -0.138. The number of pyridine rings is 1. The lowest BCUT2D eigenvalue weighted by Gasteiger charge is -2.19. The Morgan fingerprint density at radius 3 is 2.74 bits per heavy atom. The molecule has 0 saturated carbocycles. The summed E-state index contributed by atoms with van der Waals surface area (Å²) in [5, 5.41) is 23.2. The van der Waals surface area contributed by atoms with E-state index in [9.17, 15) is 28.0 Å². The van der Waals surface area contributed by atoms with E-state index in [1.165, 1.54) is 12.3 Å². The van der Waals surface area contributed by atoms with Crippen molar-refractivity contribution in [2.24, 2.45) is 5.73 Å². The van der Waals surface area contributed by atoms with Gasteiger partial charge in [-0.1, -0.05) is 12.1 Å². The normalized spacial score (nSPS) is 17.4. The zero-order valence-electron chi connectivity index (χ0n) is 18.3. The standard InChI is InChI=1S/C22H22F2N6O5/c23-22(24)8-12(9-25)30(11-22)18(32)10-28-20(33)14-6-7-27-19-13(14)2-1-3-16(19)29-17(31)5-4-15(26)21(34)35/h1-3,6-7,12,15H,4-5,8,10-11,26H2,(H,28,33)(H,29,31)(H,34,35)/t12-,15-/m0/s1. The Balaban J connectivity index is 1.70. The van der Waals surface area contributed by atoms with E-state index in [2.05, 4.69) is 15.6 Å². The van der Waals surface area contributed by atoms with Gasteiger partial charge in [0, 0.05) is 24.4 Å². The van der Waals surface area contributed by atoms with Gasteiger partial charge in [-0.3, -0.25) is 24.2 Å². The fourth-order valence-electron chi connectivity index (χ4n) is 3.64. The quantitative estimate of drug-likeness (QED) is 0.422. The summed E-state index contributed by atoms with van der Waals surface area (Å²) in [6.45, 7) is -1.48. The first-order chi connectivity index (χ1) is 16.5. The summed E-state index contributed by atoms with van der Waals surface area (Å²) < 4.78 is 27.2. The molecule has 1 aliphatic heterocycles. The zero-order chi connectivity index (χ0) is 25.8. The molecule has 11 nitrogen and oxygen atoms in total. The van der Waals surface area contributed by atoms with Crippen molar-refractivity contribution in [3.8, 4) is 6.07 Å². The molecule has 3 amide bonds. The van der Waals surface area contributed by atoms with Crippen LogP contribution in [-0.2, 0) is 14.4 Å². The second kappa shape index (κ2) is 10.4. The lowest BCUT2D eigenvalue weighted by atomic mass is 10.1. The number of likely N-dealkylation sites (tertiary alicyclic amines) is 1. The van der Waals surface area contributed by atoms with Crippen molar-refractivity contribution >= 4 is 40.3 Å². The minimum absolute atomic E-state index is 0.0728. The van der Waals surface area contributed by atoms with Crippen molar-refractivity contribution in [3.63, 3.8) is 0 Å². The number of nitrogens with two attached hydrogens (primary N) is 1. The Morgan fingerprint density at radius 1 is 1.31 bits per heavy atom. The van der Waals surface area contributed by atoms with Gasteiger partial charge in [0.15, 0.2) is 0 Å². The van der Waals surface area contributed by atoms with Crippen molar-refractivity contribution in [1.82, 2.24) is 15.2 Å². The minimum atomic E-state index is -3.17. The van der Waals surface area contributed by atoms with E-state index in [-0.39, 0.29) is 29.6 Å².